The van der Waals surface area contributed by atoms with E-state index in [0.29, 0.717) is 15.8 Å². The van der Waals surface area contributed by atoms with E-state index in [1.807, 2.05) is 0 Å². The van der Waals surface area contributed by atoms with Crippen LogP contribution in [0, 0.1) is 0 Å². The molecule has 1 aromatic carbocycles. The second-order valence-corrected chi connectivity index (χ2v) is 7.07. The fourth-order valence-electron chi connectivity index (χ4n) is 3.04. The summed E-state index contributed by atoms with van der Waals surface area (Å²) in [6, 6.07) is 7.42. The molecule has 2 aromatic rings. The number of carbonyl (C=O) groups excluding carboxylic acids is 2. The monoisotopic (exact) mass is 484 g/mol. The second kappa shape index (κ2) is 10.5. The van der Waals surface area contributed by atoms with Crippen molar-refractivity contribution in [2.75, 3.05) is 23.8 Å². The Morgan fingerprint density at radius 1 is 1.18 bits per heavy atom. The van der Waals surface area contributed by atoms with Gasteiger partial charge in [0.15, 0.2) is 6.10 Å². The molecule has 1 unspecified atom stereocenters. The summed E-state index contributed by atoms with van der Waals surface area (Å²) in [6.07, 6.45) is -6.72. The second-order valence-electron chi connectivity index (χ2n) is 7.07. The molecule has 0 radical (unpaired) electrons. The van der Waals surface area contributed by atoms with Crippen molar-refractivity contribution < 1.29 is 42.8 Å². The predicted octanol–water partition coefficient (Wildman–Crippen LogP) is 1.45. The third kappa shape index (κ3) is 5.65. The van der Waals surface area contributed by atoms with Gasteiger partial charge in [0.1, 0.15) is 18.5 Å². The molecule has 1 fully saturated rings. The van der Waals surface area contributed by atoms with Crippen molar-refractivity contribution in [2.45, 2.75) is 37.9 Å². The summed E-state index contributed by atoms with van der Waals surface area (Å²) < 4.78 is 43.5. The minimum Gasteiger partial charge on any atom is -0.450 e. The molecule has 0 saturated carbocycles. The zero-order chi connectivity index (χ0) is 24.9. The fraction of sp³-hybridized carbons (Fsp3) is 0.400. The molecule has 34 heavy (non-hydrogen) atoms. The Bertz CT molecular complexity index is 1080. The van der Waals surface area contributed by atoms with Crippen molar-refractivity contribution in [1.82, 2.24) is 9.55 Å². The number of halogens is 2. The largest absolute Gasteiger partial charge is 0.450 e. The average Bonchev–Trinajstić information content (AvgIpc) is 3.02. The molecule has 3 rings (SSSR count). The summed E-state index contributed by atoms with van der Waals surface area (Å²) in [5.41, 5.74) is -0.116. The van der Waals surface area contributed by atoms with Crippen molar-refractivity contribution in [1.29, 1.82) is 0 Å². The molecule has 1 aliphatic heterocycles. The molecule has 0 aliphatic carbocycles. The van der Waals surface area contributed by atoms with E-state index >= 15 is 0 Å². The fourth-order valence-corrected chi connectivity index (χ4v) is 3.04. The molecule has 12 nitrogen and oxygen atoms in total. The Morgan fingerprint density at radius 3 is 2.44 bits per heavy atom. The number of amides is 2. The van der Waals surface area contributed by atoms with Gasteiger partial charge >= 0.3 is 23.8 Å². The van der Waals surface area contributed by atoms with Crippen LogP contribution >= 0.6 is 0 Å². The first kappa shape index (κ1) is 25.0. The summed E-state index contributed by atoms with van der Waals surface area (Å²) in [5.74, 6) is -4.12. The zero-order valence-electron chi connectivity index (χ0n) is 17.8. The molecule has 0 bridgehead atoms. The SMILES string of the molecule is CCOC(=O)Nc1ccc(COC(=O)Nc2ccn([C@@H]3O[C@H](CO)C(O)C3(F)F)c(=O)n2)cc1. The molecule has 0 spiro atoms. The normalized spacial score (nSPS) is 21.0. The van der Waals surface area contributed by atoms with Crippen molar-refractivity contribution in [3.8, 4) is 0 Å². The van der Waals surface area contributed by atoms with Crippen LogP contribution < -0.4 is 16.3 Å². The molecule has 1 aromatic heterocycles. The van der Waals surface area contributed by atoms with Crippen LogP contribution in [0.1, 0.15) is 18.7 Å². The Kier molecular flexibility index (Phi) is 7.75. The summed E-state index contributed by atoms with van der Waals surface area (Å²) in [7, 11) is 0. The van der Waals surface area contributed by atoms with Crippen LogP contribution in [0.5, 0.6) is 0 Å². The van der Waals surface area contributed by atoms with Crippen LogP contribution in [0.25, 0.3) is 0 Å². The minimum absolute atomic E-state index is 0.148. The Balaban J connectivity index is 1.56. The Labute approximate surface area is 191 Å². The van der Waals surface area contributed by atoms with Crippen LogP contribution in [-0.4, -0.2) is 63.3 Å². The number of hydrogen-bond donors (Lipinski definition) is 4. The molecule has 2 heterocycles. The number of nitrogens with one attached hydrogen (secondary N) is 2. The first-order valence-electron chi connectivity index (χ1n) is 10.0. The highest BCUT2D eigenvalue weighted by Crippen LogP contribution is 2.41. The van der Waals surface area contributed by atoms with Crippen molar-refractivity contribution >= 4 is 23.7 Å². The van der Waals surface area contributed by atoms with E-state index in [2.05, 4.69) is 15.6 Å². The highest BCUT2D eigenvalue weighted by atomic mass is 19.3. The van der Waals surface area contributed by atoms with Gasteiger partial charge in [-0.1, -0.05) is 12.1 Å². The van der Waals surface area contributed by atoms with Crippen LogP contribution in [0.4, 0.5) is 29.9 Å². The van der Waals surface area contributed by atoms with Crippen molar-refractivity contribution in [2.24, 2.45) is 0 Å². The summed E-state index contributed by atoms with van der Waals surface area (Å²) in [5, 5.41) is 23.3. The third-order valence-electron chi connectivity index (χ3n) is 4.72. The van der Waals surface area contributed by atoms with Gasteiger partial charge in [-0.15, -0.1) is 0 Å². The van der Waals surface area contributed by atoms with E-state index in [0.717, 1.165) is 12.3 Å². The number of alkyl halides is 2. The van der Waals surface area contributed by atoms with E-state index in [-0.39, 0.29) is 19.0 Å². The molecule has 3 atom stereocenters. The highest BCUT2D eigenvalue weighted by Gasteiger charge is 2.59. The zero-order valence-corrected chi connectivity index (χ0v) is 17.8. The Morgan fingerprint density at radius 2 is 1.85 bits per heavy atom. The maximum Gasteiger partial charge on any atom is 0.413 e. The maximum atomic E-state index is 14.2. The number of nitrogens with zero attached hydrogens (tertiary/aromatic N) is 2. The van der Waals surface area contributed by atoms with Gasteiger partial charge in [0.2, 0.25) is 6.23 Å². The molecule has 2 amide bonds. The van der Waals surface area contributed by atoms with Crippen LogP contribution in [0.2, 0.25) is 0 Å². The topological polar surface area (TPSA) is 161 Å². The van der Waals surface area contributed by atoms with E-state index in [1.165, 1.54) is 0 Å². The summed E-state index contributed by atoms with van der Waals surface area (Å²) in [4.78, 5) is 39.0. The number of benzene rings is 1. The van der Waals surface area contributed by atoms with Gasteiger partial charge in [-0.3, -0.25) is 15.2 Å². The number of aromatic nitrogens is 2. The lowest BCUT2D eigenvalue weighted by molar-refractivity contribution is -0.140. The van der Waals surface area contributed by atoms with Gasteiger partial charge in [-0.25, -0.2) is 14.4 Å². The van der Waals surface area contributed by atoms with E-state index in [1.54, 1.807) is 31.2 Å². The third-order valence-corrected chi connectivity index (χ3v) is 4.72. The number of anilines is 2. The standard InChI is InChI=1S/C20H22F2N4O8/c1-2-32-18(30)23-12-5-3-11(4-6-12)10-33-19(31)25-14-7-8-26(17(29)24-14)16-20(21,22)15(28)13(9-27)34-16/h3-8,13,15-16,27-28H,2,9-10H2,1H3,(H,23,30)(H,24,25,29,31)/t13-,15?,16-/m1/s1. The first-order chi connectivity index (χ1) is 16.1. The maximum absolute atomic E-state index is 14.2. The molecule has 1 saturated heterocycles. The van der Waals surface area contributed by atoms with Gasteiger partial charge < -0.3 is 24.4 Å². The van der Waals surface area contributed by atoms with E-state index in [9.17, 15) is 28.3 Å². The number of ether oxygens (including phenoxy) is 3. The smallest absolute Gasteiger partial charge is 0.413 e. The summed E-state index contributed by atoms with van der Waals surface area (Å²) >= 11 is 0. The van der Waals surface area contributed by atoms with Crippen LogP contribution in [0.3, 0.4) is 0 Å². The molecule has 4 N–H and O–H groups in total. The van der Waals surface area contributed by atoms with Crippen molar-refractivity contribution in [3.63, 3.8) is 0 Å². The number of aliphatic hydroxyl groups excluding tert-OH is 2. The summed E-state index contributed by atoms with van der Waals surface area (Å²) in [6.45, 7) is 0.883. The quantitative estimate of drug-likeness (QED) is 0.456. The predicted molar refractivity (Wildman–Crippen MR) is 111 cm³/mol. The Hall–Kier alpha value is -3.62. The van der Waals surface area contributed by atoms with Crippen molar-refractivity contribution in [3.05, 3.63) is 52.6 Å². The average molecular weight is 484 g/mol. The van der Waals surface area contributed by atoms with Gasteiger partial charge in [0, 0.05) is 11.9 Å². The lowest BCUT2D eigenvalue weighted by Gasteiger charge is -2.21. The van der Waals surface area contributed by atoms with Crippen LogP contribution in [-0.2, 0) is 20.8 Å². The molecule has 14 heteroatoms. The van der Waals surface area contributed by atoms with Gasteiger partial charge in [-0.05, 0) is 30.7 Å². The number of carbonyl (C=O) groups is 2. The first-order valence-corrected chi connectivity index (χ1v) is 10.0. The molecular formula is C20H22F2N4O8. The minimum atomic E-state index is -3.85. The molecule has 1 aliphatic rings. The lowest BCUT2D eigenvalue weighted by Crippen LogP contribution is -2.41. The molecule has 184 valence electrons. The van der Waals surface area contributed by atoms with E-state index < -0.39 is 48.8 Å². The number of rotatable bonds is 7. The number of aliphatic hydroxyl groups is 2. The highest BCUT2D eigenvalue weighted by molar-refractivity contribution is 5.84. The van der Waals surface area contributed by atoms with E-state index in [4.69, 9.17) is 19.3 Å². The van der Waals surface area contributed by atoms with Crippen LogP contribution in [0.15, 0.2) is 41.3 Å². The van der Waals surface area contributed by atoms with Gasteiger partial charge in [0.05, 0.1) is 13.2 Å². The molecular weight excluding hydrogens is 462 g/mol. The lowest BCUT2D eigenvalue weighted by atomic mass is 10.1. The number of hydrogen-bond acceptors (Lipinski definition) is 9. The van der Waals surface area contributed by atoms with Gasteiger partial charge in [-0.2, -0.15) is 13.8 Å². The van der Waals surface area contributed by atoms with Gasteiger partial charge in [0.25, 0.3) is 0 Å².